The number of aromatic nitrogens is 2. The fourth-order valence-corrected chi connectivity index (χ4v) is 5.03. The number of rotatable bonds is 5. The van der Waals surface area contributed by atoms with E-state index >= 15 is 0 Å². The molecule has 2 aliphatic heterocycles. The van der Waals surface area contributed by atoms with Crippen LogP contribution in [0.3, 0.4) is 0 Å². The average molecular weight is 485 g/mol. The van der Waals surface area contributed by atoms with E-state index in [1.165, 1.54) is 18.2 Å². The lowest BCUT2D eigenvalue weighted by molar-refractivity contribution is 0.0784. The molecule has 35 heavy (non-hydrogen) atoms. The summed E-state index contributed by atoms with van der Waals surface area (Å²) in [4.78, 5) is 10.9. The molecule has 3 aromatic rings. The Kier molecular flexibility index (Phi) is 6.37. The van der Waals surface area contributed by atoms with E-state index in [2.05, 4.69) is 14.9 Å². The van der Waals surface area contributed by atoms with Crippen molar-refractivity contribution < 1.29 is 23.0 Å². The third kappa shape index (κ3) is 4.46. The van der Waals surface area contributed by atoms with Gasteiger partial charge in [-0.05, 0) is 42.7 Å². The van der Waals surface area contributed by atoms with Gasteiger partial charge in [0.1, 0.15) is 23.1 Å². The van der Waals surface area contributed by atoms with Crippen molar-refractivity contribution in [2.75, 3.05) is 24.6 Å². The second-order valence-corrected chi connectivity index (χ2v) is 9.28. The highest BCUT2D eigenvalue weighted by Gasteiger charge is 2.34. The number of pyridine rings is 2. The number of piperidine rings is 1. The van der Waals surface area contributed by atoms with Crippen LogP contribution in [0.15, 0.2) is 36.5 Å². The number of ether oxygens (including phenoxy) is 1. The zero-order valence-corrected chi connectivity index (χ0v) is 19.3. The van der Waals surface area contributed by atoms with Gasteiger partial charge in [-0.15, -0.1) is 0 Å². The van der Waals surface area contributed by atoms with E-state index in [-0.39, 0.29) is 17.7 Å². The lowest BCUT2D eigenvalue weighted by Gasteiger charge is -2.41. The first kappa shape index (κ1) is 23.6. The minimum Gasteiger partial charge on any atom is -0.477 e. The lowest BCUT2D eigenvalue weighted by atomic mass is 9.91. The van der Waals surface area contributed by atoms with Crippen molar-refractivity contribution in [3.8, 4) is 17.1 Å². The molecule has 3 atom stereocenters. The number of nitrogens with zero attached hydrogens (tertiary/aromatic N) is 3. The molecular formula is C26H27F3N4O2. The number of anilines is 1. The monoisotopic (exact) mass is 484 g/mol. The first-order valence-corrected chi connectivity index (χ1v) is 11.8. The fraction of sp³-hybridized carbons (Fsp3) is 0.385. The van der Waals surface area contributed by atoms with E-state index in [9.17, 15) is 18.3 Å². The Labute approximate surface area is 201 Å². The van der Waals surface area contributed by atoms with E-state index in [4.69, 9.17) is 10.5 Å². The van der Waals surface area contributed by atoms with Crippen LogP contribution in [0, 0.1) is 23.4 Å². The summed E-state index contributed by atoms with van der Waals surface area (Å²) < 4.78 is 48.7. The van der Waals surface area contributed by atoms with E-state index in [0.717, 1.165) is 35.4 Å². The third-order valence-corrected chi connectivity index (χ3v) is 6.81. The Morgan fingerprint density at radius 2 is 1.86 bits per heavy atom. The molecule has 0 radical (unpaired) electrons. The summed E-state index contributed by atoms with van der Waals surface area (Å²) in [6.45, 7) is 3.66. The van der Waals surface area contributed by atoms with Gasteiger partial charge in [0.15, 0.2) is 0 Å². The molecule has 4 heterocycles. The largest absolute Gasteiger partial charge is 0.477 e. The van der Waals surface area contributed by atoms with Gasteiger partial charge < -0.3 is 20.5 Å². The summed E-state index contributed by atoms with van der Waals surface area (Å²) in [7, 11) is 0. The van der Waals surface area contributed by atoms with E-state index < -0.39 is 29.1 Å². The topological polar surface area (TPSA) is 84.5 Å². The van der Waals surface area contributed by atoms with Crippen molar-refractivity contribution in [1.82, 2.24) is 9.97 Å². The number of benzene rings is 1. The van der Waals surface area contributed by atoms with Gasteiger partial charge in [0.25, 0.3) is 0 Å². The van der Waals surface area contributed by atoms with Gasteiger partial charge in [-0.1, -0.05) is 13.0 Å². The number of halogens is 3. The Hall–Kier alpha value is -3.17. The third-order valence-electron chi connectivity index (χ3n) is 6.81. The minimum absolute atomic E-state index is 0.00488. The molecule has 0 amide bonds. The van der Waals surface area contributed by atoms with Crippen LogP contribution in [-0.4, -0.2) is 46.9 Å². The highest BCUT2D eigenvalue weighted by Crippen LogP contribution is 2.37. The van der Waals surface area contributed by atoms with Crippen molar-refractivity contribution in [3.63, 3.8) is 0 Å². The number of aryl methyl sites for hydroxylation is 2. The second kappa shape index (κ2) is 9.47. The Morgan fingerprint density at radius 1 is 1.09 bits per heavy atom. The van der Waals surface area contributed by atoms with Gasteiger partial charge in [-0.25, -0.2) is 23.1 Å². The first-order valence-electron chi connectivity index (χ1n) is 11.8. The molecule has 6 nitrogen and oxygen atoms in total. The lowest BCUT2D eigenvalue weighted by Crippen LogP contribution is -2.56. The molecular weight excluding hydrogens is 457 g/mol. The second-order valence-electron chi connectivity index (χ2n) is 9.28. The quantitative estimate of drug-likeness (QED) is 0.578. The Morgan fingerprint density at radius 3 is 2.60 bits per heavy atom. The van der Waals surface area contributed by atoms with E-state index in [1.807, 2.05) is 6.92 Å². The van der Waals surface area contributed by atoms with Crippen LogP contribution < -0.4 is 15.4 Å². The molecule has 9 heteroatoms. The average Bonchev–Trinajstić information content (AvgIpc) is 3.31. The molecule has 1 fully saturated rings. The number of hydrogen-bond acceptors (Lipinski definition) is 6. The molecule has 1 aromatic carbocycles. The number of aliphatic hydroxyl groups excluding tert-OH is 1. The maximum Gasteiger partial charge on any atom is 0.218 e. The van der Waals surface area contributed by atoms with Crippen molar-refractivity contribution in [1.29, 1.82) is 0 Å². The molecule has 0 unspecified atom stereocenters. The van der Waals surface area contributed by atoms with Crippen molar-refractivity contribution in [2.24, 2.45) is 11.7 Å². The molecule has 184 valence electrons. The van der Waals surface area contributed by atoms with Crippen LogP contribution in [0.5, 0.6) is 5.88 Å². The van der Waals surface area contributed by atoms with Gasteiger partial charge in [-0.2, -0.15) is 0 Å². The summed E-state index contributed by atoms with van der Waals surface area (Å²) in [5, 5.41) is 10.3. The zero-order chi connectivity index (χ0) is 24.7. The maximum absolute atomic E-state index is 14.5. The Balaban J connectivity index is 1.45. The minimum atomic E-state index is -0.864. The molecule has 2 aliphatic rings. The Bertz CT molecular complexity index is 1220. The van der Waals surface area contributed by atoms with Gasteiger partial charge in [-0.3, -0.25) is 0 Å². The molecule has 3 N–H and O–H groups in total. The molecule has 0 bridgehead atoms. The van der Waals surface area contributed by atoms with E-state index in [0.29, 0.717) is 44.1 Å². The predicted octanol–water partition coefficient (Wildman–Crippen LogP) is 3.43. The van der Waals surface area contributed by atoms with Crippen molar-refractivity contribution in [3.05, 3.63) is 70.8 Å². The molecule has 0 spiro atoms. The van der Waals surface area contributed by atoms with Crippen LogP contribution in [0.4, 0.5) is 18.9 Å². The summed E-state index contributed by atoms with van der Waals surface area (Å²) in [5.74, 6) is -1.92. The normalized spacial score (nSPS) is 21.7. The van der Waals surface area contributed by atoms with Crippen LogP contribution in [0.25, 0.3) is 11.3 Å². The SMILES string of the molecule is C[C@H]1CN(c2c(CCc3ccc(F)c(-c4c(F)cccc4F)n3)cnc3c2CCO3)C[C@@H](N)[C@@H]1O. The van der Waals surface area contributed by atoms with Crippen LogP contribution in [0.2, 0.25) is 0 Å². The number of fused-ring (bicyclic) bond motifs is 1. The number of nitrogens with two attached hydrogens (primary N) is 1. The van der Waals surface area contributed by atoms with Gasteiger partial charge in [0.2, 0.25) is 5.88 Å². The molecule has 5 rings (SSSR count). The molecule has 0 saturated carbocycles. The highest BCUT2D eigenvalue weighted by molar-refractivity contribution is 5.64. The summed E-state index contributed by atoms with van der Waals surface area (Å²) >= 11 is 0. The van der Waals surface area contributed by atoms with Crippen LogP contribution in [0.1, 0.15) is 23.7 Å². The zero-order valence-electron chi connectivity index (χ0n) is 19.3. The van der Waals surface area contributed by atoms with Gasteiger partial charge >= 0.3 is 0 Å². The predicted molar refractivity (Wildman–Crippen MR) is 126 cm³/mol. The fourth-order valence-electron chi connectivity index (χ4n) is 5.03. The van der Waals surface area contributed by atoms with Crippen molar-refractivity contribution >= 4 is 5.69 Å². The van der Waals surface area contributed by atoms with Crippen molar-refractivity contribution in [2.45, 2.75) is 38.3 Å². The summed E-state index contributed by atoms with van der Waals surface area (Å²) in [5.41, 5.74) is 8.88. The van der Waals surface area contributed by atoms with Gasteiger partial charge in [0, 0.05) is 48.9 Å². The highest BCUT2D eigenvalue weighted by atomic mass is 19.1. The smallest absolute Gasteiger partial charge is 0.218 e. The molecule has 1 saturated heterocycles. The van der Waals surface area contributed by atoms with Crippen LogP contribution >= 0.6 is 0 Å². The number of aliphatic hydroxyl groups is 1. The maximum atomic E-state index is 14.5. The van der Waals surface area contributed by atoms with Gasteiger partial charge in [0.05, 0.1) is 24.0 Å². The summed E-state index contributed by atoms with van der Waals surface area (Å²) in [6, 6.07) is 5.72. The van der Waals surface area contributed by atoms with Crippen LogP contribution in [-0.2, 0) is 19.3 Å². The van der Waals surface area contributed by atoms with E-state index in [1.54, 1.807) is 6.20 Å². The summed E-state index contributed by atoms with van der Waals surface area (Å²) in [6.07, 6.45) is 2.86. The molecule has 2 aromatic heterocycles. The number of hydrogen-bond donors (Lipinski definition) is 2. The molecule has 0 aliphatic carbocycles. The first-order chi connectivity index (χ1) is 16.8. The standard InChI is InChI=1S/C26H27F3N4O2/c1-14-12-33(13-21(30)25(14)34)24-15(11-31-26-17(24)9-10-35-26)5-6-16-7-8-20(29)23(32-16)22-18(27)3-2-4-19(22)28/h2-4,7-8,11,14,21,25,34H,5-6,9-10,12-13,30H2,1H3/t14-,21+,25+/m0/s1.